The van der Waals surface area contributed by atoms with Crippen molar-refractivity contribution < 1.29 is 14.3 Å². The van der Waals surface area contributed by atoms with E-state index >= 15 is 0 Å². The molecule has 0 spiro atoms. The lowest BCUT2D eigenvalue weighted by atomic mass is 10.0. The summed E-state index contributed by atoms with van der Waals surface area (Å²) in [5.41, 5.74) is 1.89. The Kier molecular flexibility index (Phi) is 5.63. The van der Waals surface area contributed by atoms with Gasteiger partial charge in [-0.2, -0.15) is 0 Å². The number of ether oxygens (including phenoxy) is 1. The van der Waals surface area contributed by atoms with Gasteiger partial charge in [0, 0.05) is 18.9 Å². The lowest BCUT2D eigenvalue weighted by Gasteiger charge is -2.42. The van der Waals surface area contributed by atoms with Crippen LogP contribution in [0.5, 0.6) is 0 Å². The highest BCUT2D eigenvalue weighted by molar-refractivity contribution is 5.99. The van der Waals surface area contributed by atoms with Gasteiger partial charge in [0.2, 0.25) is 5.91 Å². The monoisotopic (exact) mass is 382 g/mol. The molecule has 7 heteroatoms. The third-order valence-electron chi connectivity index (χ3n) is 4.45. The molecule has 1 atom stereocenters. The molecule has 3 heterocycles. The zero-order valence-corrected chi connectivity index (χ0v) is 16.8. The molecule has 0 saturated carbocycles. The Morgan fingerprint density at radius 2 is 2.04 bits per heavy atom. The van der Waals surface area contributed by atoms with E-state index in [2.05, 4.69) is 9.97 Å². The van der Waals surface area contributed by atoms with E-state index in [9.17, 15) is 9.59 Å². The van der Waals surface area contributed by atoms with E-state index in [1.54, 1.807) is 29.6 Å². The smallest absolute Gasteiger partial charge is 0.410 e. The normalized spacial score (nSPS) is 16.3. The van der Waals surface area contributed by atoms with Crippen molar-refractivity contribution in [3.05, 3.63) is 54.1 Å². The Morgan fingerprint density at radius 1 is 1.25 bits per heavy atom. The number of likely N-dealkylation sites (tertiary alicyclic amines) is 1. The van der Waals surface area contributed by atoms with Crippen molar-refractivity contribution in [1.29, 1.82) is 0 Å². The molecular formula is C21H26N4O3. The van der Waals surface area contributed by atoms with E-state index in [0.29, 0.717) is 25.2 Å². The quantitative estimate of drug-likeness (QED) is 0.811. The van der Waals surface area contributed by atoms with Gasteiger partial charge in [-0.15, -0.1) is 0 Å². The van der Waals surface area contributed by atoms with Gasteiger partial charge >= 0.3 is 6.09 Å². The lowest BCUT2D eigenvalue weighted by molar-refractivity contribution is -0.128. The third-order valence-corrected chi connectivity index (χ3v) is 4.45. The molecule has 0 aromatic carbocycles. The summed E-state index contributed by atoms with van der Waals surface area (Å²) in [6, 6.07) is 6.93. The molecule has 3 rings (SSSR count). The largest absolute Gasteiger partial charge is 0.444 e. The Balaban J connectivity index is 1.80. The molecule has 1 aliphatic rings. The third kappa shape index (κ3) is 4.65. The van der Waals surface area contributed by atoms with Gasteiger partial charge in [0.15, 0.2) is 0 Å². The van der Waals surface area contributed by atoms with Crippen molar-refractivity contribution in [3.63, 3.8) is 0 Å². The van der Waals surface area contributed by atoms with E-state index in [4.69, 9.17) is 4.74 Å². The summed E-state index contributed by atoms with van der Waals surface area (Å²) in [5, 5.41) is 0. The summed E-state index contributed by atoms with van der Waals surface area (Å²) < 4.78 is 5.43. The summed E-state index contributed by atoms with van der Waals surface area (Å²) in [6.07, 6.45) is 5.22. The second-order valence-corrected chi connectivity index (χ2v) is 7.94. The van der Waals surface area contributed by atoms with Gasteiger partial charge in [0.05, 0.1) is 24.1 Å². The van der Waals surface area contributed by atoms with E-state index < -0.39 is 17.7 Å². The minimum Gasteiger partial charge on any atom is -0.444 e. The minimum absolute atomic E-state index is 0.160. The summed E-state index contributed by atoms with van der Waals surface area (Å²) in [4.78, 5) is 37.4. The molecule has 0 unspecified atom stereocenters. The van der Waals surface area contributed by atoms with Crippen LogP contribution in [0.1, 0.15) is 38.4 Å². The van der Waals surface area contributed by atoms with Crippen LogP contribution >= 0.6 is 0 Å². The molecule has 28 heavy (non-hydrogen) atoms. The maximum atomic E-state index is 13.3. The molecule has 2 aromatic heterocycles. The van der Waals surface area contributed by atoms with Crippen LogP contribution in [0.15, 0.2) is 42.9 Å². The van der Waals surface area contributed by atoms with Gasteiger partial charge in [-0.1, -0.05) is 6.07 Å². The fourth-order valence-corrected chi connectivity index (χ4v) is 2.93. The second kappa shape index (κ2) is 7.96. The SMILES string of the molecule is Cc1ccc(CN(C(=O)[C@H]2CCN2C(=O)OC(C)(C)C)c2cccnc2)nc1. The van der Waals surface area contributed by atoms with Crippen LogP contribution in [0.4, 0.5) is 10.5 Å². The average molecular weight is 382 g/mol. The van der Waals surface area contributed by atoms with Crippen molar-refractivity contribution in [2.45, 2.75) is 52.3 Å². The van der Waals surface area contributed by atoms with E-state index in [1.807, 2.05) is 45.9 Å². The van der Waals surface area contributed by atoms with Crippen LogP contribution in [-0.2, 0) is 16.1 Å². The van der Waals surface area contributed by atoms with E-state index in [1.165, 1.54) is 4.90 Å². The Morgan fingerprint density at radius 3 is 2.57 bits per heavy atom. The standard InChI is InChI=1S/C21H26N4O3/c1-15-7-8-16(23-12-15)14-25(17-6-5-10-22-13-17)19(26)18-9-11-24(18)20(27)28-21(2,3)4/h5-8,10,12-13,18H,9,11,14H2,1-4H3/t18-/m1/s1. The summed E-state index contributed by atoms with van der Waals surface area (Å²) in [7, 11) is 0. The maximum Gasteiger partial charge on any atom is 0.410 e. The van der Waals surface area contributed by atoms with Gasteiger partial charge in [-0.05, 0) is 57.9 Å². The number of nitrogens with zero attached hydrogens (tertiary/aromatic N) is 4. The zero-order chi connectivity index (χ0) is 20.3. The highest BCUT2D eigenvalue weighted by atomic mass is 16.6. The van der Waals surface area contributed by atoms with Gasteiger partial charge in [-0.25, -0.2) is 4.79 Å². The number of carbonyl (C=O) groups excluding carboxylic acids is 2. The molecule has 2 aromatic rings. The Labute approximate surface area is 165 Å². The molecule has 148 valence electrons. The van der Waals surface area contributed by atoms with Crippen molar-refractivity contribution >= 4 is 17.7 Å². The van der Waals surface area contributed by atoms with E-state index in [0.717, 1.165) is 11.3 Å². The van der Waals surface area contributed by atoms with Crippen LogP contribution in [-0.4, -0.2) is 45.1 Å². The van der Waals surface area contributed by atoms with E-state index in [-0.39, 0.29) is 5.91 Å². The first-order valence-electron chi connectivity index (χ1n) is 9.37. The van der Waals surface area contributed by atoms with Crippen molar-refractivity contribution in [3.8, 4) is 0 Å². The average Bonchev–Trinajstić information content (AvgIpc) is 2.59. The summed E-state index contributed by atoms with van der Waals surface area (Å²) >= 11 is 0. The predicted octanol–water partition coefficient (Wildman–Crippen LogP) is 3.33. The number of carbonyl (C=O) groups is 2. The Hall–Kier alpha value is -2.96. The fraction of sp³-hybridized carbons (Fsp3) is 0.429. The van der Waals surface area contributed by atoms with Gasteiger partial charge in [0.1, 0.15) is 11.6 Å². The number of hydrogen-bond acceptors (Lipinski definition) is 5. The predicted molar refractivity (Wildman–Crippen MR) is 106 cm³/mol. The van der Waals surface area contributed by atoms with Gasteiger partial charge in [0.25, 0.3) is 0 Å². The molecule has 0 aliphatic carbocycles. The second-order valence-electron chi connectivity index (χ2n) is 7.94. The highest BCUT2D eigenvalue weighted by Crippen LogP contribution is 2.26. The van der Waals surface area contributed by atoms with Crippen LogP contribution in [0.25, 0.3) is 0 Å². The number of hydrogen-bond donors (Lipinski definition) is 0. The first kappa shape index (κ1) is 19.8. The molecular weight excluding hydrogens is 356 g/mol. The van der Waals surface area contributed by atoms with Crippen molar-refractivity contribution in [2.24, 2.45) is 0 Å². The molecule has 1 saturated heterocycles. The molecule has 1 fully saturated rings. The van der Waals surface area contributed by atoms with Crippen molar-refractivity contribution in [1.82, 2.24) is 14.9 Å². The number of pyridine rings is 2. The highest BCUT2D eigenvalue weighted by Gasteiger charge is 2.42. The maximum absolute atomic E-state index is 13.3. The topological polar surface area (TPSA) is 75.6 Å². The number of anilines is 1. The van der Waals surface area contributed by atoms with Crippen LogP contribution < -0.4 is 4.90 Å². The minimum atomic E-state index is -0.602. The fourth-order valence-electron chi connectivity index (χ4n) is 2.93. The van der Waals surface area contributed by atoms with Crippen LogP contribution in [0.2, 0.25) is 0 Å². The number of rotatable bonds is 4. The molecule has 0 radical (unpaired) electrons. The van der Waals surface area contributed by atoms with Crippen LogP contribution in [0, 0.1) is 6.92 Å². The lowest BCUT2D eigenvalue weighted by Crippen LogP contribution is -2.59. The summed E-state index contributed by atoms with van der Waals surface area (Å²) in [5.74, 6) is -0.160. The Bertz CT molecular complexity index is 831. The summed E-state index contributed by atoms with van der Waals surface area (Å²) in [6.45, 7) is 8.22. The molecule has 2 amide bonds. The number of aryl methyl sites for hydroxylation is 1. The first-order valence-corrected chi connectivity index (χ1v) is 9.37. The molecule has 7 nitrogen and oxygen atoms in total. The number of amides is 2. The van der Waals surface area contributed by atoms with Crippen molar-refractivity contribution in [2.75, 3.05) is 11.4 Å². The first-order chi connectivity index (χ1) is 13.2. The van der Waals surface area contributed by atoms with Gasteiger partial charge < -0.3 is 9.64 Å². The molecule has 0 bridgehead atoms. The van der Waals surface area contributed by atoms with Crippen LogP contribution in [0.3, 0.4) is 0 Å². The molecule has 1 aliphatic heterocycles. The van der Waals surface area contributed by atoms with Gasteiger partial charge in [-0.3, -0.25) is 19.7 Å². The zero-order valence-electron chi connectivity index (χ0n) is 16.8. The number of aromatic nitrogens is 2. The molecule has 0 N–H and O–H groups in total.